The molecule has 0 aliphatic carbocycles. The van der Waals surface area contributed by atoms with Crippen molar-refractivity contribution in [1.82, 2.24) is 0 Å². The van der Waals surface area contributed by atoms with E-state index in [-0.39, 0.29) is 34.5 Å². The Hall–Kier alpha value is -1.88. The van der Waals surface area contributed by atoms with Crippen LogP contribution in [0.5, 0.6) is 0 Å². The van der Waals surface area contributed by atoms with Gasteiger partial charge in [0.05, 0.1) is 21.7 Å². The maximum atomic E-state index is 12.6. The number of carboxylic acid groups (broad SMARTS) is 1. The molecule has 1 N–H and O–H groups in total. The number of hydrogen-bond acceptors (Lipinski definition) is 3. The zero-order valence-electron chi connectivity index (χ0n) is 11.9. The van der Waals surface area contributed by atoms with Crippen molar-refractivity contribution in [3.8, 4) is 0 Å². The molecule has 0 radical (unpaired) electrons. The van der Waals surface area contributed by atoms with Gasteiger partial charge in [-0.15, -0.1) is 0 Å². The lowest BCUT2D eigenvalue weighted by Gasteiger charge is -2.24. The lowest BCUT2D eigenvalue weighted by molar-refractivity contribution is -0.126. The Kier molecular flexibility index (Phi) is 4.05. The Morgan fingerprint density at radius 3 is 2.38 bits per heavy atom. The first-order valence-corrected chi connectivity index (χ1v) is 7.14. The number of nitrogens with zero attached hydrogens (tertiary/aromatic N) is 1. The van der Waals surface area contributed by atoms with Crippen LogP contribution in [-0.4, -0.2) is 22.9 Å². The molecule has 0 bridgehead atoms. The molecule has 6 heteroatoms. The van der Waals surface area contributed by atoms with Gasteiger partial charge in [-0.05, 0) is 31.0 Å². The van der Waals surface area contributed by atoms with E-state index in [1.165, 1.54) is 18.2 Å². The summed E-state index contributed by atoms with van der Waals surface area (Å²) in [4.78, 5) is 36.8. The minimum absolute atomic E-state index is 0.0140. The molecule has 0 unspecified atom stereocenters. The van der Waals surface area contributed by atoms with E-state index < -0.39 is 11.4 Å². The fraction of sp³-hybridized carbons (Fsp3) is 0.400. The molecule has 1 aliphatic heterocycles. The smallest absolute Gasteiger partial charge is 0.335 e. The summed E-state index contributed by atoms with van der Waals surface area (Å²) in [6.45, 7) is 3.76. The predicted octanol–water partition coefficient (Wildman–Crippen LogP) is 3.11. The summed E-state index contributed by atoms with van der Waals surface area (Å²) in [5.41, 5.74) is -0.410. The summed E-state index contributed by atoms with van der Waals surface area (Å²) in [6, 6.07) is 3.99. The first kappa shape index (κ1) is 15.5. The summed E-state index contributed by atoms with van der Waals surface area (Å²) in [7, 11) is 0. The van der Waals surface area contributed by atoms with E-state index in [0.29, 0.717) is 12.8 Å². The molecule has 0 aromatic heterocycles. The third-order valence-electron chi connectivity index (χ3n) is 4.18. The van der Waals surface area contributed by atoms with Crippen LogP contribution in [0, 0.1) is 5.41 Å². The molecule has 1 aromatic rings. The number of carboxylic acids is 1. The maximum Gasteiger partial charge on any atom is 0.335 e. The lowest BCUT2D eigenvalue weighted by atomic mass is 9.81. The first-order chi connectivity index (χ1) is 9.86. The van der Waals surface area contributed by atoms with Crippen molar-refractivity contribution < 1.29 is 19.5 Å². The topological polar surface area (TPSA) is 74.7 Å². The number of aromatic carboxylic acids is 1. The fourth-order valence-corrected chi connectivity index (χ4v) is 2.93. The van der Waals surface area contributed by atoms with Gasteiger partial charge in [0, 0.05) is 6.42 Å². The van der Waals surface area contributed by atoms with Crippen molar-refractivity contribution in [1.29, 1.82) is 0 Å². The molecule has 5 nitrogen and oxygen atoms in total. The van der Waals surface area contributed by atoms with Gasteiger partial charge in [-0.25, -0.2) is 9.69 Å². The summed E-state index contributed by atoms with van der Waals surface area (Å²) in [5, 5.41) is 9.01. The monoisotopic (exact) mass is 309 g/mol. The highest BCUT2D eigenvalue weighted by atomic mass is 35.5. The Morgan fingerprint density at radius 1 is 1.33 bits per heavy atom. The number of halogens is 1. The van der Waals surface area contributed by atoms with Gasteiger partial charge in [-0.2, -0.15) is 0 Å². The van der Waals surface area contributed by atoms with E-state index in [9.17, 15) is 14.4 Å². The second kappa shape index (κ2) is 5.48. The number of carbonyl (C=O) groups is 3. The van der Waals surface area contributed by atoms with Gasteiger partial charge in [0.15, 0.2) is 0 Å². The summed E-state index contributed by atoms with van der Waals surface area (Å²) < 4.78 is 0. The van der Waals surface area contributed by atoms with Crippen molar-refractivity contribution in [3.05, 3.63) is 28.8 Å². The van der Waals surface area contributed by atoms with Crippen LogP contribution >= 0.6 is 11.6 Å². The van der Waals surface area contributed by atoms with Crippen LogP contribution in [0.3, 0.4) is 0 Å². The molecule has 21 heavy (non-hydrogen) atoms. The molecular formula is C15H16ClNO4. The molecule has 2 amide bonds. The summed E-state index contributed by atoms with van der Waals surface area (Å²) in [5.74, 6) is -1.67. The molecule has 1 fully saturated rings. The minimum atomic E-state index is -1.11. The SMILES string of the molecule is CCC1(CC)CC(=O)N(c2ccc(C(=O)O)cc2Cl)C1=O. The van der Waals surface area contributed by atoms with E-state index in [0.717, 1.165) is 4.90 Å². The number of anilines is 1. The minimum Gasteiger partial charge on any atom is -0.478 e. The van der Waals surface area contributed by atoms with Crippen molar-refractivity contribution in [2.75, 3.05) is 4.90 Å². The van der Waals surface area contributed by atoms with Gasteiger partial charge in [0.2, 0.25) is 11.8 Å². The molecule has 0 atom stereocenters. The Bertz CT molecular complexity index is 622. The van der Waals surface area contributed by atoms with Gasteiger partial charge < -0.3 is 5.11 Å². The second-order valence-electron chi connectivity index (χ2n) is 5.17. The van der Waals surface area contributed by atoms with Crippen LogP contribution < -0.4 is 4.90 Å². The Morgan fingerprint density at radius 2 is 1.95 bits per heavy atom. The van der Waals surface area contributed by atoms with E-state index in [4.69, 9.17) is 16.7 Å². The van der Waals surface area contributed by atoms with Crippen molar-refractivity contribution in [2.45, 2.75) is 33.1 Å². The Balaban J connectivity index is 2.45. The molecule has 112 valence electrons. The van der Waals surface area contributed by atoms with Crippen LogP contribution in [-0.2, 0) is 9.59 Å². The standard InChI is InChI=1S/C15H16ClNO4/c1-3-15(4-2)8-12(18)17(14(15)21)11-6-5-9(13(19)20)7-10(11)16/h5-7H,3-4,8H2,1-2H3,(H,19,20). The quantitative estimate of drug-likeness (QED) is 0.867. The van der Waals surface area contributed by atoms with Crippen LogP contribution in [0.15, 0.2) is 18.2 Å². The van der Waals surface area contributed by atoms with Gasteiger partial charge in [-0.3, -0.25) is 9.59 Å². The molecule has 1 heterocycles. The van der Waals surface area contributed by atoms with Gasteiger partial charge >= 0.3 is 5.97 Å². The third kappa shape index (κ3) is 2.42. The average molecular weight is 310 g/mol. The number of hydrogen-bond donors (Lipinski definition) is 1. The molecule has 1 saturated heterocycles. The maximum absolute atomic E-state index is 12.6. The highest BCUT2D eigenvalue weighted by Gasteiger charge is 2.50. The first-order valence-electron chi connectivity index (χ1n) is 6.76. The largest absolute Gasteiger partial charge is 0.478 e. The Labute approximate surface area is 127 Å². The van der Waals surface area contributed by atoms with E-state index in [1.807, 2.05) is 13.8 Å². The zero-order chi connectivity index (χ0) is 15.8. The number of imide groups is 1. The van der Waals surface area contributed by atoms with Gasteiger partial charge in [-0.1, -0.05) is 25.4 Å². The molecule has 2 rings (SSSR count). The van der Waals surface area contributed by atoms with Crippen molar-refractivity contribution in [2.24, 2.45) is 5.41 Å². The van der Waals surface area contributed by atoms with Crippen LogP contribution in [0.2, 0.25) is 5.02 Å². The molecule has 0 spiro atoms. The van der Waals surface area contributed by atoms with Gasteiger partial charge in [0.25, 0.3) is 0 Å². The average Bonchev–Trinajstić information content (AvgIpc) is 2.70. The van der Waals surface area contributed by atoms with Gasteiger partial charge in [0.1, 0.15) is 0 Å². The zero-order valence-corrected chi connectivity index (χ0v) is 12.6. The van der Waals surface area contributed by atoms with Crippen LogP contribution in [0.25, 0.3) is 0 Å². The van der Waals surface area contributed by atoms with Crippen molar-refractivity contribution in [3.63, 3.8) is 0 Å². The summed E-state index contributed by atoms with van der Waals surface area (Å²) in [6.07, 6.45) is 1.32. The number of carbonyl (C=O) groups excluding carboxylic acids is 2. The van der Waals surface area contributed by atoms with Crippen LogP contribution in [0.4, 0.5) is 5.69 Å². The molecule has 0 saturated carbocycles. The number of rotatable bonds is 4. The van der Waals surface area contributed by atoms with Crippen molar-refractivity contribution >= 4 is 35.1 Å². The van der Waals surface area contributed by atoms with E-state index in [2.05, 4.69) is 0 Å². The lowest BCUT2D eigenvalue weighted by Crippen LogP contribution is -2.35. The van der Waals surface area contributed by atoms with Crippen LogP contribution in [0.1, 0.15) is 43.5 Å². The third-order valence-corrected chi connectivity index (χ3v) is 4.49. The molecule has 1 aromatic carbocycles. The highest BCUT2D eigenvalue weighted by molar-refractivity contribution is 6.36. The summed E-state index contributed by atoms with van der Waals surface area (Å²) >= 11 is 6.05. The number of amides is 2. The predicted molar refractivity (Wildman–Crippen MR) is 78.5 cm³/mol. The van der Waals surface area contributed by atoms with E-state index in [1.54, 1.807) is 0 Å². The second-order valence-corrected chi connectivity index (χ2v) is 5.58. The normalized spacial score (nSPS) is 17.4. The highest BCUT2D eigenvalue weighted by Crippen LogP contribution is 2.42. The molecule has 1 aliphatic rings. The molecular weight excluding hydrogens is 294 g/mol. The fourth-order valence-electron chi connectivity index (χ4n) is 2.66. The number of benzene rings is 1. The van der Waals surface area contributed by atoms with E-state index >= 15 is 0 Å².